The van der Waals surface area contributed by atoms with Gasteiger partial charge in [-0.05, 0) is 44.5 Å². The number of nitrogens with one attached hydrogen (secondary N) is 2. The van der Waals surface area contributed by atoms with E-state index >= 15 is 0 Å². The second kappa shape index (κ2) is 9.23. The highest BCUT2D eigenvalue weighted by Crippen LogP contribution is 2.30. The quantitative estimate of drug-likeness (QED) is 0.641. The molecule has 1 unspecified atom stereocenters. The number of ether oxygens (including phenoxy) is 1. The summed E-state index contributed by atoms with van der Waals surface area (Å²) in [7, 11) is 0. The molecule has 10 heteroatoms. The van der Waals surface area contributed by atoms with Crippen LogP contribution in [0.25, 0.3) is 10.6 Å². The number of aromatic nitrogens is 3. The number of hydrogen-bond donors (Lipinski definition) is 2. The zero-order valence-electron chi connectivity index (χ0n) is 15.9. The Kier molecular flexibility index (Phi) is 6.24. The minimum Gasteiger partial charge on any atom is -0.473 e. The molecule has 1 aliphatic rings. The summed E-state index contributed by atoms with van der Waals surface area (Å²) in [5.41, 5.74) is 0.0908. The van der Waals surface area contributed by atoms with E-state index in [2.05, 4.69) is 25.6 Å². The molecular formula is C20H19F2N5O2S. The maximum Gasteiger partial charge on any atom is 0.275 e. The molecule has 0 radical (unpaired) electrons. The van der Waals surface area contributed by atoms with Crippen LogP contribution < -0.4 is 15.4 Å². The van der Waals surface area contributed by atoms with E-state index in [1.807, 2.05) is 0 Å². The fraction of sp³-hybridized carbons (Fsp3) is 0.300. The van der Waals surface area contributed by atoms with Gasteiger partial charge in [-0.15, -0.1) is 11.3 Å². The Morgan fingerprint density at radius 3 is 2.90 bits per heavy atom. The third-order valence-corrected chi connectivity index (χ3v) is 5.50. The lowest BCUT2D eigenvalue weighted by Gasteiger charge is -2.17. The molecule has 156 valence electrons. The summed E-state index contributed by atoms with van der Waals surface area (Å²) in [5.74, 6) is -1.74. The van der Waals surface area contributed by atoms with Crippen molar-refractivity contribution >= 4 is 22.9 Å². The van der Waals surface area contributed by atoms with Crippen LogP contribution in [-0.4, -0.2) is 40.1 Å². The van der Waals surface area contributed by atoms with Crippen LogP contribution >= 0.6 is 11.3 Å². The molecular weight excluding hydrogens is 412 g/mol. The first-order valence-electron chi connectivity index (χ1n) is 9.50. The average molecular weight is 431 g/mol. The summed E-state index contributed by atoms with van der Waals surface area (Å²) in [6.07, 6.45) is 5.49. The number of benzene rings is 1. The van der Waals surface area contributed by atoms with Crippen molar-refractivity contribution in [2.24, 2.45) is 0 Å². The average Bonchev–Trinajstić information content (AvgIpc) is 3.07. The number of halogens is 2. The zero-order valence-corrected chi connectivity index (χ0v) is 16.7. The maximum absolute atomic E-state index is 14.0. The number of anilines is 1. The predicted octanol–water partition coefficient (Wildman–Crippen LogP) is 3.65. The first-order valence-corrected chi connectivity index (χ1v) is 10.4. The highest BCUT2D eigenvalue weighted by Gasteiger charge is 2.20. The molecule has 3 aromatic rings. The second-order valence-electron chi connectivity index (χ2n) is 6.75. The summed E-state index contributed by atoms with van der Waals surface area (Å²) >= 11 is 0.983. The van der Waals surface area contributed by atoms with Crippen LogP contribution in [0.3, 0.4) is 0 Å². The zero-order chi connectivity index (χ0) is 20.9. The molecule has 0 aliphatic carbocycles. The van der Waals surface area contributed by atoms with Gasteiger partial charge in [-0.2, -0.15) is 4.98 Å². The lowest BCUT2D eigenvalue weighted by molar-refractivity contribution is 0.102. The Morgan fingerprint density at radius 2 is 2.07 bits per heavy atom. The molecule has 1 aromatic carbocycles. The van der Waals surface area contributed by atoms with Crippen molar-refractivity contribution in [1.82, 2.24) is 20.3 Å². The highest BCUT2D eigenvalue weighted by molar-refractivity contribution is 7.13. The van der Waals surface area contributed by atoms with Crippen molar-refractivity contribution in [3.63, 3.8) is 0 Å². The molecule has 0 bridgehead atoms. The lowest BCUT2D eigenvalue weighted by Crippen LogP contribution is -2.21. The Bertz CT molecular complexity index is 1020. The molecule has 1 saturated heterocycles. The molecule has 1 amide bonds. The first-order chi connectivity index (χ1) is 14.6. The van der Waals surface area contributed by atoms with Gasteiger partial charge in [0.25, 0.3) is 5.91 Å². The molecule has 7 nitrogen and oxygen atoms in total. The molecule has 0 saturated carbocycles. The molecule has 2 N–H and O–H groups in total. The molecule has 0 spiro atoms. The van der Waals surface area contributed by atoms with Crippen LogP contribution in [0.1, 0.15) is 29.8 Å². The Balaban J connectivity index is 1.50. The third kappa shape index (κ3) is 4.60. The highest BCUT2D eigenvalue weighted by atomic mass is 32.1. The Hall–Kier alpha value is -2.98. The molecule has 1 atom stereocenters. The molecule has 30 heavy (non-hydrogen) atoms. The minimum absolute atomic E-state index is 0.0135. The Labute approximate surface area is 175 Å². The normalized spacial score (nSPS) is 16.7. The molecule has 4 rings (SSSR count). The number of amides is 1. The van der Waals surface area contributed by atoms with Gasteiger partial charge in [0.1, 0.15) is 40.5 Å². The van der Waals surface area contributed by atoms with Gasteiger partial charge in [-0.25, -0.2) is 18.7 Å². The van der Waals surface area contributed by atoms with E-state index in [0.717, 1.165) is 55.8 Å². The SMILES string of the molecule is O=C(Nc1cncnc1OC1CCCNCC1)c1csc(-c2c(F)cccc2F)n1. The van der Waals surface area contributed by atoms with Crippen molar-refractivity contribution in [2.45, 2.75) is 25.4 Å². The first kappa shape index (κ1) is 20.3. The summed E-state index contributed by atoms with van der Waals surface area (Å²) in [6.45, 7) is 1.80. The molecule has 2 aromatic heterocycles. The van der Waals surface area contributed by atoms with Crippen molar-refractivity contribution in [2.75, 3.05) is 18.4 Å². The van der Waals surface area contributed by atoms with Crippen LogP contribution in [0, 0.1) is 11.6 Å². The van der Waals surface area contributed by atoms with E-state index in [1.165, 1.54) is 24.0 Å². The lowest BCUT2D eigenvalue weighted by atomic mass is 10.1. The van der Waals surface area contributed by atoms with Crippen LogP contribution in [0.4, 0.5) is 14.5 Å². The van der Waals surface area contributed by atoms with Gasteiger partial charge in [-0.1, -0.05) is 6.07 Å². The number of rotatable bonds is 5. The van der Waals surface area contributed by atoms with Gasteiger partial charge >= 0.3 is 0 Å². The van der Waals surface area contributed by atoms with Gasteiger partial charge in [-0.3, -0.25) is 4.79 Å². The molecule has 3 heterocycles. The fourth-order valence-electron chi connectivity index (χ4n) is 3.14. The van der Waals surface area contributed by atoms with E-state index in [1.54, 1.807) is 0 Å². The number of carbonyl (C=O) groups is 1. The largest absolute Gasteiger partial charge is 0.473 e. The van der Waals surface area contributed by atoms with Gasteiger partial charge in [0.15, 0.2) is 0 Å². The maximum atomic E-state index is 14.0. The van der Waals surface area contributed by atoms with E-state index < -0.39 is 17.5 Å². The third-order valence-electron chi connectivity index (χ3n) is 4.64. The monoisotopic (exact) mass is 431 g/mol. The summed E-state index contributed by atoms with van der Waals surface area (Å²) < 4.78 is 34.0. The van der Waals surface area contributed by atoms with E-state index in [9.17, 15) is 13.6 Å². The number of thiazole rings is 1. The minimum atomic E-state index is -0.735. The number of nitrogens with zero attached hydrogens (tertiary/aromatic N) is 3. The van der Waals surface area contributed by atoms with Gasteiger partial charge < -0.3 is 15.4 Å². The van der Waals surface area contributed by atoms with Crippen LogP contribution in [0.5, 0.6) is 5.88 Å². The topological polar surface area (TPSA) is 89.0 Å². The van der Waals surface area contributed by atoms with Gasteiger partial charge in [0.05, 0.1) is 11.8 Å². The van der Waals surface area contributed by atoms with Crippen molar-refractivity contribution in [3.8, 4) is 16.5 Å². The second-order valence-corrected chi connectivity index (χ2v) is 7.61. The van der Waals surface area contributed by atoms with Crippen molar-refractivity contribution in [3.05, 3.63) is 53.4 Å². The van der Waals surface area contributed by atoms with E-state index in [4.69, 9.17) is 4.74 Å². The fourth-order valence-corrected chi connectivity index (χ4v) is 3.99. The molecule has 1 fully saturated rings. The predicted molar refractivity (Wildman–Crippen MR) is 109 cm³/mol. The summed E-state index contributed by atoms with van der Waals surface area (Å²) in [5, 5.41) is 7.52. The van der Waals surface area contributed by atoms with Crippen molar-refractivity contribution in [1.29, 1.82) is 0 Å². The molecule has 1 aliphatic heterocycles. The summed E-state index contributed by atoms with van der Waals surface area (Å²) in [4.78, 5) is 24.8. The van der Waals surface area contributed by atoms with Gasteiger partial charge in [0, 0.05) is 5.38 Å². The van der Waals surface area contributed by atoms with Crippen LogP contribution in [-0.2, 0) is 0 Å². The Morgan fingerprint density at radius 1 is 1.23 bits per heavy atom. The number of hydrogen-bond acceptors (Lipinski definition) is 7. The smallest absolute Gasteiger partial charge is 0.275 e. The van der Waals surface area contributed by atoms with Gasteiger partial charge in [0.2, 0.25) is 5.88 Å². The standard InChI is InChI=1S/C20H19F2N5O2S/c21-13-4-1-5-14(22)17(13)20-27-16(10-30-20)18(28)26-15-9-24-11-25-19(15)29-12-3-2-7-23-8-6-12/h1,4-5,9-12,23H,2-3,6-8H2,(H,26,28). The van der Waals surface area contributed by atoms with Crippen LogP contribution in [0.15, 0.2) is 36.1 Å². The van der Waals surface area contributed by atoms with E-state index in [-0.39, 0.29) is 28.2 Å². The van der Waals surface area contributed by atoms with Crippen LogP contribution in [0.2, 0.25) is 0 Å². The summed E-state index contributed by atoms with van der Waals surface area (Å²) in [6, 6.07) is 3.57. The number of carbonyl (C=O) groups excluding carboxylic acids is 1. The van der Waals surface area contributed by atoms with E-state index in [0.29, 0.717) is 5.69 Å². The van der Waals surface area contributed by atoms with Crippen molar-refractivity contribution < 1.29 is 18.3 Å².